The van der Waals surface area contributed by atoms with Gasteiger partial charge in [0, 0.05) is 0 Å². The van der Waals surface area contributed by atoms with Crippen molar-refractivity contribution < 1.29 is 9.31 Å². The fraction of sp³-hybridized carbons (Fsp3) is 0.125. The molecule has 0 bridgehead atoms. The van der Waals surface area contributed by atoms with Crippen molar-refractivity contribution in [3.05, 3.63) is 59.7 Å². The maximum absolute atomic E-state index is 8.66. The average Bonchev–Trinajstić information content (AvgIpc) is 2.49. The first kappa shape index (κ1) is 14.5. The largest absolute Gasteiger partial charge is 0.658 e. The Kier molecular flexibility index (Phi) is 5.26. The van der Waals surface area contributed by atoms with E-state index in [1.165, 1.54) is 7.69 Å². The minimum Gasteiger partial charge on any atom is -0.526 e. The van der Waals surface area contributed by atoms with Gasteiger partial charge in [-0.2, -0.15) is 10.5 Å². The summed E-state index contributed by atoms with van der Waals surface area (Å²) >= 11 is 0. The SMILES string of the molecule is N#CCc1cccc(O[B]Oc2cccc(CC#N)c2)c1. The van der Waals surface area contributed by atoms with Crippen LogP contribution in [0.2, 0.25) is 0 Å². The first-order valence-electron chi connectivity index (χ1n) is 6.38. The van der Waals surface area contributed by atoms with Gasteiger partial charge in [-0.1, -0.05) is 24.3 Å². The molecule has 5 heteroatoms. The van der Waals surface area contributed by atoms with Gasteiger partial charge in [0.15, 0.2) is 0 Å². The van der Waals surface area contributed by atoms with E-state index < -0.39 is 0 Å². The Labute approximate surface area is 124 Å². The Hall–Kier alpha value is -2.92. The third kappa shape index (κ3) is 4.60. The van der Waals surface area contributed by atoms with E-state index in [-0.39, 0.29) is 0 Å². The third-order valence-corrected chi connectivity index (χ3v) is 2.73. The van der Waals surface area contributed by atoms with E-state index in [1.807, 2.05) is 24.3 Å². The molecule has 0 amide bonds. The van der Waals surface area contributed by atoms with Crippen LogP contribution in [0.4, 0.5) is 0 Å². The van der Waals surface area contributed by atoms with Gasteiger partial charge in [-0.15, -0.1) is 0 Å². The predicted molar refractivity (Wildman–Crippen MR) is 78.5 cm³/mol. The fourth-order valence-electron chi connectivity index (χ4n) is 1.78. The molecule has 0 saturated heterocycles. The quantitative estimate of drug-likeness (QED) is 0.760. The molecule has 2 rings (SSSR count). The summed E-state index contributed by atoms with van der Waals surface area (Å²) in [6, 6.07) is 18.7. The van der Waals surface area contributed by atoms with Gasteiger partial charge in [-0.3, -0.25) is 0 Å². The number of hydrogen-bond acceptors (Lipinski definition) is 4. The van der Waals surface area contributed by atoms with Crippen LogP contribution in [-0.4, -0.2) is 7.69 Å². The van der Waals surface area contributed by atoms with Gasteiger partial charge >= 0.3 is 7.69 Å². The second-order valence-electron chi connectivity index (χ2n) is 4.30. The van der Waals surface area contributed by atoms with Crippen LogP contribution in [0.15, 0.2) is 48.5 Å². The minimum atomic E-state index is 0.342. The van der Waals surface area contributed by atoms with E-state index in [9.17, 15) is 0 Å². The lowest BCUT2D eigenvalue weighted by molar-refractivity contribution is 0.458. The second-order valence-corrected chi connectivity index (χ2v) is 4.30. The van der Waals surface area contributed by atoms with Crippen molar-refractivity contribution in [2.45, 2.75) is 12.8 Å². The molecular weight excluding hydrogens is 263 g/mol. The number of hydrogen-bond donors (Lipinski definition) is 0. The van der Waals surface area contributed by atoms with Crippen molar-refractivity contribution in [2.75, 3.05) is 0 Å². The summed E-state index contributed by atoms with van der Waals surface area (Å²) in [5.41, 5.74) is 1.78. The molecular formula is C16H12BN2O2. The van der Waals surface area contributed by atoms with Crippen molar-refractivity contribution in [1.82, 2.24) is 0 Å². The summed E-state index contributed by atoms with van der Waals surface area (Å²) < 4.78 is 10.8. The minimum absolute atomic E-state index is 0.342. The third-order valence-electron chi connectivity index (χ3n) is 2.73. The molecule has 0 heterocycles. The number of nitrogens with zero attached hydrogens (tertiary/aromatic N) is 2. The summed E-state index contributed by atoms with van der Waals surface area (Å²) in [6.45, 7) is 0. The summed E-state index contributed by atoms with van der Waals surface area (Å²) in [7, 11) is 1.23. The Bertz CT molecular complexity index is 630. The van der Waals surface area contributed by atoms with Gasteiger partial charge in [0.1, 0.15) is 11.5 Å². The Balaban J connectivity index is 1.89. The van der Waals surface area contributed by atoms with Gasteiger partial charge in [0.25, 0.3) is 0 Å². The van der Waals surface area contributed by atoms with Crippen LogP contribution in [-0.2, 0) is 12.8 Å². The van der Waals surface area contributed by atoms with E-state index in [1.54, 1.807) is 24.3 Å². The van der Waals surface area contributed by atoms with Crippen LogP contribution in [0.25, 0.3) is 0 Å². The van der Waals surface area contributed by atoms with Gasteiger partial charge in [-0.25, -0.2) is 0 Å². The standard InChI is InChI=1S/C16H12BN2O2/c18-9-7-13-3-1-5-15(11-13)20-17-21-16-6-2-4-14(12-16)8-10-19/h1-6,11-12H,7-8H2. The maximum atomic E-state index is 8.66. The monoisotopic (exact) mass is 275 g/mol. The molecule has 0 saturated carbocycles. The second kappa shape index (κ2) is 7.62. The van der Waals surface area contributed by atoms with Gasteiger partial charge < -0.3 is 9.31 Å². The maximum Gasteiger partial charge on any atom is 0.658 e. The molecule has 0 spiro atoms. The lowest BCUT2D eigenvalue weighted by Gasteiger charge is -2.08. The summed E-state index contributed by atoms with van der Waals surface area (Å²) in [6.07, 6.45) is 0.683. The van der Waals surface area contributed by atoms with E-state index in [4.69, 9.17) is 19.8 Å². The van der Waals surface area contributed by atoms with Crippen LogP contribution in [0.5, 0.6) is 11.5 Å². The smallest absolute Gasteiger partial charge is 0.526 e. The molecule has 1 radical (unpaired) electrons. The summed E-state index contributed by atoms with van der Waals surface area (Å²) in [5.74, 6) is 1.21. The molecule has 0 fully saturated rings. The van der Waals surface area contributed by atoms with E-state index in [2.05, 4.69) is 12.1 Å². The van der Waals surface area contributed by atoms with Gasteiger partial charge in [-0.05, 0) is 35.4 Å². The first-order valence-corrected chi connectivity index (χ1v) is 6.38. The summed E-state index contributed by atoms with van der Waals surface area (Å²) in [5, 5.41) is 17.3. The molecule has 0 aromatic heterocycles. The van der Waals surface area contributed by atoms with Crippen molar-refractivity contribution in [3.63, 3.8) is 0 Å². The highest BCUT2D eigenvalue weighted by atomic mass is 16.6. The molecule has 0 unspecified atom stereocenters. The van der Waals surface area contributed by atoms with Crippen LogP contribution >= 0.6 is 0 Å². The first-order chi connectivity index (χ1) is 10.3. The Morgan fingerprint density at radius 1 is 0.810 bits per heavy atom. The van der Waals surface area contributed by atoms with Gasteiger partial charge in [0.2, 0.25) is 0 Å². The molecule has 0 N–H and O–H groups in total. The molecule has 0 aliphatic rings. The van der Waals surface area contributed by atoms with Gasteiger partial charge in [0.05, 0.1) is 25.0 Å². The highest BCUT2D eigenvalue weighted by Crippen LogP contribution is 2.15. The normalized spacial score (nSPS) is 9.24. The summed E-state index contributed by atoms with van der Waals surface area (Å²) in [4.78, 5) is 0. The lowest BCUT2D eigenvalue weighted by atomic mass is 10.1. The molecule has 2 aromatic rings. The highest BCUT2D eigenvalue weighted by molar-refractivity contribution is 6.20. The van der Waals surface area contributed by atoms with Crippen molar-refractivity contribution in [1.29, 1.82) is 10.5 Å². The fourth-order valence-corrected chi connectivity index (χ4v) is 1.78. The number of benzene rings is 2. The van der Waals surface area contributed by atoms with E-state index in [0.717, 1.165) is 11.1 Å². The number of rotatable bonds is 6. The molecule has 4 nitrogen and oxygen atoms in total. The zero-order valence-electron chi connectivity index (χ0n) is 11.3. The molecule has 2 aromatic carbocycles. The van der Waals surface area contributed by atoms with Crippen LogP contribution in [0.1, 0.15) is 11.1 Å². The molecule has 0 atom stereocenters. The topological polar surface area (TPSA) is 66.0 Å². The molecule has 101 valence electrons. The van der Waals surface area contributed by atoms with E-state index >= 15 is 0 Å². The predicted octanol–water partition coefficient (Wildman–Crippen LogP) is 2.81. The average molecular weight is 275 g/mol. The lowest BCUT2D eigenvalue weighted by Crippen LogP contribution is -2.11. The molecule has 21 heavy (non-hydrogen) atoms. The van der Waals surface area contributed by atoms with Crippen LogP contribution < -0.4 is 9.31 Å². The van der Waals surface area contributed by atoms with Crippen molar-refractivity contribution in [3.8, 4) is 23.6 Å². The molecule has 0 aliphatic heterocycles. The van der Waals surface area contributed by atoms with Crippen molar-refractivity contribution >= 4 is 7.69 Å². The Morgan fingerprint density at radius 3 is 1.71 bits per heavy atom. The Morgan fingerprint density at radius 2 is 1.29 bits per heavy atom. The molecule has 0 aliphatic carbocycles. The number of nitriles is 2. The van der Waals surface area contributed by atoms with Crippen LogP contribution in [0, 0.1) is 22.7 Å². The van der Waals surface area contributed by atoms with E-state index in [0.29, 0.717) is 24.3 Å². The van der Waals surface area contributed by atoms with Crippen molar-refractivity contribution in [2.24, 2.45) is 0 Å². The van der Waals surface area contributed by atoms with Crippen LogP contribution in [0.3, 0.4) is 0 Å². The zero-order valence-corrected chi connectivity index (χ0v) is 11.3. The highest BCUT2D eigenvalue weighted by Gasteiger charge is 2.03. The zero-order chi connectivity index (χ0) is 14.9.